The van der Waals surface area contributed by atoms with Crippen molar-refractivity contribution in [3.05, 3.63) is 24.3 Å². The molecule has 1 aromatic rings. The number of anilines is 1. The molecule has 0 fully saturated rings. The van der Waals surface area contributed by atoms with Gasteiger partial charge in [-0.1, -0.05) is 32.4 Å². The van der Waals surface area contributed by atoms with Gasteiger partial charge in [0.15, 0.2) is 0 Å². The molecule has 1 atom stereocenters. The van der Waals surface area contributed by atoms with E-state index in [4.69, 9.17) is 0 Å². The Hall–Kier alpha value is -1.07. The van der Waals surface area contributed by atoms with Crippen LogP contribution in [-0.2, 0) is 10.0 Å². The molecule has 0 aromatic heterocycles. The minimum Gasteiger partial charge on any atom is -0.387 e. The lowest BCUT2D eigenvalue weighted by Gasteiger charge is -2.17. The van der Waals surface area contributed by atoms with E-state index >= 15 is 0 Å². The summed E-state index contributed by atoms with van der Waals surface area (Å²) in [4.78, 5) is 0.307. The fraction of sp³-hybridized carbons (Fsp3) is 0.538. The molecule has 0 aliphatic carbocycles. The average Bonchev–Trinajstić information content (AvgIpc) is 2.38. The molecule has 0 bridgehead atoms. The minimum atomic E-state index is -3.45. The molecule has 0 aliphatic heterocycles. The van der Waals surface area contributed by atoms with Crippen molar-refractivity contribution in [3.63, 3.8) is 0 Å². The lowest BCUT2D eigenvalue weighted by molar-refractivity contribution is 0.512. The van der Waals surface area contributed by atoms with Crippen LogP contribution in [0, 0.1) is 0 Å². The Balaban J connectivity index is 2.98. The first-order valence-electron chi connectivity index (χ1n) is 6.34. The third-order valence-corrected chi connectivity index (χ3v) is 4.48. The van der Waals surface area contributed by atoms with E-state index in [-0.39, 0.29) is 6.04 Å². The second kappa shape index (κ2) is 6.75. The maximum Gasteiger partial charge on any atom is 0.242 e. The van der Waals surface area contributed by atoms with E-state index in [9.17, 15) is 8.42 Å². The summed E-state index contributed by atoms with van der Waals surface area (Å²) in [5, 5.41) is 2.91. The van der Waals surface area contributed by atoms with Crippen LogP contribution in [0.15, 0.2) is 29.2 Å². The van der Waals surface area contributed by atoms with Crippen molar-refractivity contribution in [3.8, 4) is 0 Å². The molecular weight excluding hydrogens is 248 g/mol. The van der Waals surface area contributed by atoms with E-state index in [2.05, 4.69) is 17.0 Å². The first-order chi connectivity index (χ1) is 8.55. The van der Waals surface area contributed by atoms with Crippen LogP contribution in [0.5, 0.6) is 0 Å². The van der Waals surface area contributed by atoms with Gasteiger partial charge in [0.05, 0.1) is 5.69 Å². The van der Waals surface area contributed by atoms with Crippen molar-refractivity contribution in [2.75, 3.05) is 12.4 Å². The van der Waals surface area contributed by atoms with E-state index in [1.165, 1.54) is 0 Å². The summed E-state index contributed by atoms with van der Waals surface area (Å²) in [5.41, 5.74) is 0.622. The topological polar surface area (TPSA) is 58.2 Å². The maximum absolute atomic E-state index is 12.3. The van der Waals surface area contributed by atoms with Crippen molar-refractivity contribution in [2.24, 2.45) is 0 Å². The van der Waals surface area contributed by atoms with Gasteiger partial charge in [-0.05, 0) is 25.0 Å². The highest BCUT2D eigenvalue weighted by atomic mass is 32.2. The van der Waals surface area contributed by atoms with Crippen molar-refractivity contribution in [1.82, 2.24) is 4.72 Å². The second-order valence-electron chi connectivity index (χ2n) is 4.26. The molecule has 5 heteroatoms. The van der Waals surface area contributed by atoms with Gasteiger partial charge in [-0.3, -0.25) is 0 Å². The molecule has 0 aliphatic rings. The molecule has 102 valence electrons. The minimum absolute atomic E-state index is 0.00455. The van der Waals surface area contributed by atoms with Gasteiger partial charge in [-0.15, -0.1) is 0 Å². The Kier molecular flexibility index (Phi) is 5.62. The van der Waals surface area contributed by atoms with E-state index in [1.54, 1.807) is 25.2 Å². The maximum atomic E-state index is 12.3. The molecule has 0 radical (unpaired) electrons. The number of nitrogens with one attached hydrogen (secondary N) is 2. The Bertz CT molecular complexity index is 472. The molecule has 0 saturated heterocycles. The number of sulfonamides is 1. The lowest BCUT2D eigenvalue weighted by Crippen LogP contribution is -2.34. The van der Waals surface area contributed by atoms with Crippen molar-refractivity contribution in [1.29, 1.82) is 0 Å². The molecule has 2 N–H and O–H groups in total. The third-order valence-electron chi connectivity index (χ3n) is 2.90. The summed E-state index contributed by atoms with van der Waals surface area (Å²) in [6.45, 7) is 4.05. The van der Waals surface area contributed by atoms with Crippen LogP contribution in [0.2, 0.25) is 0 Å². The zero-order valence-corrected chi connectivity index (χ0v) is 12.0. The molecule has 0 spiro atoms. The number of hydrogen-bond acceptors (Lipinski definition) is 3. The van der Waals surface area contributed by atoms with Crippen LogP contribution in [-0.4, -0.2) is 21.5 Å². The predicted molar refractivity (Wildman–Crippen MR) is 75.3 cm³/mol. The van der Waals surface area contributed by atoms with Crippen LogP contribution < -0.4 is 10.0 Å². The molecule has 1 unspecified atom stereocenters. The van der Waals surface area contributed by atoms with Gasteiger partial charge >= 0.3 is 0 Å². The smallest absolute Gasteiger partial charge is 0.242 e. The number of rotatable bonds is 7. The van der Waals surface area contributed by atoms with Crippen LogP contribution >= 0.6 is 0 Å². The highest BCUT2D eigenvalue weighted by Crippen LogP contribution is 2.20. The largest absolute Gasteiger partial charge is 0.387 e. The molecule has 0 amide bonds. The van der Waals surface area contributed by atoms with E-state index in [1.807, 2.05) is 13.0 Å². The Morgan fingerprint density at radius 3 is 2.44 bits per heavy atom. The fourth-order valence-electron chi connectivity index (χ4n) is 1.89. The van der Waals surface area contributed by atoms with Crippen LogP contribution in [0.3, 0.4) is 0 Å². The first kappa shape index (κ1) is 15.0. The second-order valence-corrected chi connectivity index (χ2v) is 5.94. The van der Waals surface area contributed by atoms with Gasteiger partial charge in [0, 0.05) is 13.1 Å². The van der Waals surface area contributed by atoms with Crippen molar-refractivity contribution >= 4 is 15.7 Å². The van der Waals surface area contributed by atoms with Gasteiger partial charge in [0.25, 0.3) is 0 Å². The van der Waals surface area contributed by atoms with Gasteiger partial charge in [0.2, 0.25) is 10.0 Å². The summed E-state index contributed by atoms with van der Waals surface area (Å²) >= 11 is 0. The number of hydrogen-bond donors (Lipinski definition) is 2. The Labute approximate surface area is 110 Å². The summed E-state index contributed by atoms with van der Waals surface area (Å²) in [6.07, 6.45) is 2.63. The van der Waals surface area contributed by atoms with E-state index in [0.29, 0.717) is 10.6 Å². The molecule has 0 heterocycles. The quantitative estimate of drug-likeness (QED) is 0.800. The average molecular weight is 270 g/mol. The molecule has 0 saturated carbocycles. The fourth-order valence-corrected chi connectivity index (χ4v) is 3.45. The highest BCUT2D eigenvalue weighted by molar-refractivity contribution is 7.89. The first-order valence-corrected chi connectivity index (χ1v) is 7.82. The summed E-state index contributed by atoms with van der Waals surface area (Å²) in [5.74, 6) is 0. The molecular formula is C13H22N2O2S. The summed E-state index contributed by atoms with van der Waals surface area (Å²) < 4.78 is 27.4. The Morgan fingerprint density at radius 1 is 1.22 bits per heavy atom. The summed E-state index contributed by atoms with van der Waals surface area (Å²) in [7, 11) is -1.73. The SMILES string of the molecule is CCCC(CC)NS(=O)(=O)c1ccccc1NC. The highest BCUT2D eigenvalue weighted by Gasteiger charge is 2.20. The van der Waals surface area contributed by atoms with Crippen LogP contribution in [0.25, 0.3) is 0 Å². The standard InChI is InChI=1S/C13H22N2O2S/c1-4-8-11(5-2)15-18(16,17)13-10-7-6-9-12(13)14-3/h6-7,9-11,14-15H,4-5,8H2,1-3H3. The van der Waals surface area contributed by atoms with Crippen LogP contribution in [0.1, 0.15) is 33.1 Å². The molecule has 1 rings (SSSR count). The van der Waals surface area contributed by atoms with Gasteiger partial charge in [0.1, 0.15) is 4.90 Å². The van der Waals surface area contributed by atoms with Gasteiger partial charge in [-0.2, -0.15) is 0 Å². The summed E-state index contributed by atoms with van der Waals surface area (Å²) in [6, 6.07) is 6.93. The zero-order valence-electron chi connectivity index (χ0n) is 11.2. The lowest BCUT2D eigenvalue weighted by atomic mass is 10.1. The Morgan fingerprint density at radius 2 is 1.89 bits per heavy atom. The zero-order chi connectivity index (χ0) is 13.6. The van der Waals surface area contributed by atoms with Gasteiger partial charge < -0.3 is 5.32 Å². The van der Waals surface area contributed by atoms with E-state index < -0.39 is 10.0 Å². The van der Waals surface area contributed by atoms with Crippen molar-refractivity contribution in [2.45, 2.75) is 44.0 Å². The molecule has 4 nitrogen and oxygen atoms in total. The predicted octanol–water partition coefficient (Wildman–Crippen LogP) is 2.59. The monoisotopic (exact) mass is 270 g/mol. The third kappa shape index (κ3) is 3.71. The number of para-hydroxylation sites is 1. The number of benzene rings is 1. The van der Waals surface area contributed by atoms with Gasteiger partial charge in [-0.25, -0.2) is 13.1 Å². The van der Waals surface area contributed by atoms with Crippen LogP contribution in [0.4, 0.5) is 5.69 Å². The molecule has 18 heavy (non-hydrogen) atoms. The molecule has 1 aromatic carbocycles. The van der Waals surface area contributed by atoms with Crippen molar-refractivity contribution < 1.29 is 8.42 Å². The van der Waals surface area contributed by atoms with E-state index in [0.717, 1.165) is 19.3 Å². The normalized spacial score (nSPS) is 13.3.